The van der Waals surface area contributed by atoms with Crippen LogP contribution in [0.1, 0.15) is 32.1 Å². The van der Waals surface area contributed by atoms with E-state index < -0.39 is 0 Å². The normalized spacial score (nSPS) is 18.0. The summed E-state index contributed by atoms with van der Waals surface area (Å²) in [6.45, 7) is 5.23. The highest BCUT2D eigenvalue weighted by Crippen LogP contribution is 2.27. The van der Waals surface area contributed by atoms with Gasteiger partial charge in [-0.3, -0.25) is 9.79 Å². The van der Waals surface area contributed by atoms with Crippen LogP contribution in [0, 0.1) is 5.92 Å². The van der Waals surface area contributed by atoms with Crippen molar-refractivity contribution in [3.8, 4) is 0 Å². The molecular formula is C21H34IN5O. The summed E-state index contributed by atoms with van der Waals surface area (Å²) in [5.74, 6) is 1.72. The van der Waals surface area contributed by atoms with Gasteiger partial charge in [0.25, 0.3) is 0 Å². The number of benzene rings is 1. The number of amides is 1. The summed E-state index contributed by atoms with van der Waals surface area (Å²) in [5.41, 5.74) is 1.28. The molecule has 28 heavy (non-hydrogen) atoms. The molecule has 0 radical (unpaired) electrons. The molecular weight excluding hydrogens is 465 g/mol. The van der Waals surface area contributed by atoms with E-state index in [-0.39, 0.29) is 29.9 Å². The van der Waals surface area contributed by atoms with Gasteiger partial charge in [0.1, 0.15) is 0 Å². The van der Waals surface area contributed by atoms with Crippen molar-refractivity contribution >= 4 is 41.5 Å². The lowest BCUT2D eigenvalue weighted by molar-refractivity contribution is -0.121. The van der Waals surface area contributed by atoms with Crippen LogP contribution in [0.15, 0.2) is 35.3 Å². The molecule has 1 aliphatic carbocycles. The predicted octanol–water partition coefficient (Wildman–Crippen LogP) is 2.70. The summed E-state index contributed by atoms with van der Waals surface area (Å²) in [7, 11) is 1.82. The highest BCUT2D eigenvalue weighted by molar-refractivity contribution is 14.0. The Hall–Kier alpha value is -1.51. The molecule has 156 valence electrons. The number of anilines is 1. The smallest absolute Gasteiger partial charge is 0.220 e. The maximum Gasteiger partial charge on any atom is 0.220 e. The number of halogens is 1. The first-order valence-electron chi connectivity index (χ1n) is 10.3. The predicted molar refractivity (Wildman–Crippen MR) is 127 cm³/mol. The van der Waals surface area contributed by atoms with E-state index in [0.29, 0.717) is 25.4 Å². The fraction of sp³-hybridized carbons (Fsp3) is 0.619. The molecule has 2 fully saturated rings. The summed E-state index contributed by atoms with van der Waals surface area (Å²) in [4.78, 5) is 21.1. The van der Waals surface area contributed by atoms with E-state index in [1.165, 1.54) is 31.4 Å². The third-order valence-corrected chi connectivity index (χ3v) is 5.59. The molecule has 2 aliphatic rings. The minimum Gasteiger partial charge on any atom is -0.368 e. The van der Waals surface area contributed by atoms with Crippen LogP contribution in [0.2, 0.25) is 0 Å². The molecule has 0 unspecified atom stereocenters. The highest BCUT2D eigenvalue weighted by atomic mass is 127. The van der Waals surface area contributed by atoms with Crippen molar-refractivity contribution in [1.82, 2.24) is 15.5 Å². The average Bonchev–Trinajstić information content (AvgIpc) is 3.22. The molecule has 1 saturated carbocycles. The summed E-state index contributed by atoms with van der Waals surface area (Å²) in [6, 6.07) is 10.6. The maximum absolute atomic E-state index is 12.0. The number of aliphatic imine (C=N–C) groups is 1. The van der Waals surface area contributed by atoms with Gasteiger partial charge in [-0.25, -0.2) is 0 Å². The number of hydrogen-bond acceptors (Lipinski definition) is 3. The number of piperazine rings is 1. The van der Waals surface area contributed by atoms with Crippen LogP contribution in [0.3, 0.4) is 0 Å². The Kier molecular flexibility index (Phi) is 9.87. The van der Waals surface area contributed by atoms with Crippen LogP contribution in [0.4, 0.5) is 5.69 Å². The maximum atomic E-state index is 12.0. The second kappa shape index (κ2) is 12.1. The molecule has 7 heteroatoms. The fourth-order valence-corrected chi connectivity index (χ4v) is 4.07. The summed E-state index contributed by atoms with van der Waals surface area (Å²) < 4.78 is 0. The summed E-state index contributed by atoms with van der Waals surface area (Å²) in [6.07, 6.45) is 5.69. The molecule has 0 atom stereocenters. The van der Waals surface area contributed by atoms with Gasteiger partial charge in [-0.05, 0) is 30.9 Å². The molecule has 1 saturated heterocycles. The van der Waals surface area contributed by atoms with Gasteiger partial charge in [0.2, 0.25) is 5.91 Å². The Morgan fingerprint density at radius 3 is 2.32 bits per heavy atom. The molecule has 0 spiro atoms. The first-order chi connectivity index (χ1) is 13.3. The number of carbonyl (C=O) groups excluding carboxylic acids is 1. The number of nitrogens with zero attached hydrogens (tertiary/aromatic N) is 3. The first-order valence-corrected chi connectivity index (χ1v) is 10.3. The minimum absolute atomic E-state index is 0. The Labute approximate surface area is 186 Å². The third kappa shape index (κ3) is 6.83. The van der Waals surface area contributed by atoms with E-state index in [1.54, 1.807) is 0 Å². The second-order valence-electron chi connectivity index (χ2n) is 7.49. The van der Waals surface area contributed by atoms with Crippen LogP contribution in [-0.2, 0) is 4.79 Å². The Balaban J connectivity index is 0.00000280. The van der Waals surface area contributed by atoms with Gasteiger partial charge in [-0.15, -0.1) is 24.0 Å². The number of rotatable bonds is 6. The second-order valence-corrected chi connectivity index (χ2v) is 7.49. The van der Waals surface area contributed by atoms with Gasteiger partial charge in [0.15, 0.2) is 5.96 Å². The minimum atomic E-state index is 0. The van der Waals surface area contributed by atoms with E-state index in [1.807, 2.05) is 7.05 Å². The topological polar surface area (TPSA) is 60.0 Å². The largest absolute Gasteiger partial charge is 0.368 e. The van der Waals surface area contributed by atoms with Gasteiger partial charge in [-0.1, -0.05) is 31.0 Å². The SMILES string of the molecule is CN=C(NCCNC(=O)CC1CCCC1)N1CCN(c2ccccc2)CC1.I. The molecule has 2 N–H and O–H groups in total. The number of nitrogens with one attached hydrogen (secondary N) is 2. The van der Waals surface area contributed by atoms with Gasteiger partial charge in [-0.2, -0.15) is 0 Å². The quantitative estimate of drug-likeness (QED) is 0.274. The summed E-state index contributed by atoms with van der Waals surface area (Å²) in [5, 5.41) is 6.42. The van der Waals surface area contributed by atoms with Gasteiger partial charge in [0, 0.05) is 58.4 Å². The number of guanidine groups is 1. The van der Waals surface area contributed by atoms with Crippen molar-refractivity contribution in [2.24, 2.45) is 10.9 Å². The first kappa shape index (κ1) is 22.8. The number of carbonyl (C=O) groups is 1. The molecule has 1 aliphatic heterocycles. The van der Waals surface area contributed by atoms with E-state index in [4.69, 9.17) is 0 Å². The van der Waals surface area contributed by atoms with Crippen molar-refractivity contribution < 1.29 is 4.79 Å². The van der Waals surface area contributed by atoms with Crippen molar-refractivity contribution in [2.75, 3.05) is 51.2 Å². The average molecular weight is 499 g/mol. The van der Waals surface area contributed by atoms with Gasteiger partial charge < -0.3 is 20.4 Å². The van der Waals surface area contributed by atoms with Gasteiger partial charge >= 0.3 is 0 Å². The van der Waals surface area contributed by atoms with Crippen LogP contribution < -0.4 is 15.5 Å². The summed E-state index contributed by atoms with van der Waals surface area (Å²) >= 11 is 0. The lowest BCUT2D eigenvalue weighted by Gasteiger charge is -2.37. The Morgan fingerprint density at radius 1 is 1.04 bits per heavy atom. The standard InChI is InChI=1S/C21H33N5O.HI/c1-22-21(24-12-11-23-20(27)17-18-7-5-6-8-18)26-15-13-25(14-16-26)19-9-3-2-4-10-19;/h2-4,9-10,18H,5-8,11-17H2,1H3,(H,22,24)(H,23,27);1H. The highest BCUT2D eigenvalue weighted by Gasteiger charge is 2.20. The molecule has 6 nitrogen and oxygen atoms in total. The third-order valence-electron chi connectivity index (χ3n) is 5.59. The fourth-order valence-electron chi connectivity index (χ4n) is 4.07. The molecule has 1 aromatic rings. The van der Waals surface area contributed by atoms with Crippen LogP contribution in [0.25, 0.3) is 0 Å². The van der Waals surface area contributed by atoms with E-state index >= 15 is 0 Å². The number of hydrogen-bond donors (Lipinski definition) is 2. The Bertz CT molecular complexity index is 610. The van der Waals surface area contributed by atoms with Crippen molar-refractivity contribution in [1.29, 1.82) is 0 Å². The van der Waals surface area contributed by atoms with Crippen LogP contribution in [0.5, 0.6) is 0 Å². The van der Waals surface area contributed by atoms with Crippen LogP contribution >= 0.6 is 24.0 Å². The molecule has 0 aromatic heterocycles. The lowest BCUT2D eigenvalue weighted by atomic mass is 10.0. The zero-order chi connectivity index (χ0) is 18.9. The zero-order valence-electron chi connectivity index (χ0n) is 16.9. The van der Waals surface area contributed by atoms with Crippen LogP contribution in [-0.4, -0.2) is 63.1 Å². The van der Waals surface area contributed by atoms with Crippen molar-refractivity contribution in [2.45, 2.75) is 32.1 Å². The van der Waals surface area contributed by atoms with Crippen molar-refractivity contribution in [3.05, 3.63) is 30.3 Å². The number of para-hydroxylation sites is 1. The molecule has 1 heterocycles. The molecule has 1 amide bonds. The zero-order valence-corrected chi connectivity index (χ0v) is 19.2. The Morgan fingerprint density at radius 2 is 1.68 bits per heavy atom. The van der Waals surface area contributed by atoms with E-state index in [9.17, 15) is 4.79 Å². The molecule has 3 rings (SSSR count). The monoisotopic (exact) mass is 499 g/mol. The van der Waals surface area contributed by atoms with Crippen molar-refractivity contribution in [3.63, 3.8) is 0 Å². The molecule has 1 aromatic carbocycles. The van der Waals surface area contributed by atoms with Gasteiger partial charge in [0.05, 0.1) is 0 Å². The molecule has 0 bridgehead atoms. The lowest BCUT2D eigenvalue weighted by Crippen LogP contribution is -2.53. The van der Waals surface area contributed by atoms with E-state index in [2.05, 4.69) is 55.8 Å². The van der Waals surface area contributed by atoms with E-state index in [0.717, 1.165) is 32.1 Å².